The van der Waals surface area contributed by atoms with Crippen LogP contribution in [0.2, 0.25) is 0 Å². The molecule has 1 saturated heterocycles. The van der Waals surface area contributed by atoms with Gasteiger partial charge in [0.2, 0.25) is 5.91 Å². The molecule has 70 valence electrons. The van der Waals surface area contributed by atoms with Gasteiger partial charge in [0.05, 0.1) is 6.04 Å². The number of amides is 1. The second-order valence-electron chi connectivity index (χ2n) is 3.65. The Morgan fingerprint density at radius 1 is 1.67 bits per heavy atom. The smallest absolute Gasteiger partial charge is 0.234 e. The van der Waals surface area contributed by atoms with Gasteiger partial charge in [-0.3, -0.25) is 4.79 Å². The predicted octanol–water partition coefficient (Wildman–Crippen LogP) is -0.989. The van der Waals surface area contributed by atoms with Crippen molar-refractivity contribution in [3.8, 4) is 0 Å². The Morgan fingerprint density at radius 3 is 2.83 bits per heavy atom. The Bertz CT molecular complexity index is 170. The van der Waals surface area contributed by atoms with E-state index in [9.17, 15) is 4.79 Å². The molecule has 1 heterocycles. The minimum atomic E-state index is -0.223. The van der Waals surface area contributed by atoms with Crippen molar-refractivity contribution in [2.45, 2.75) is 12.5 Å². The van der Waals surface area contributed by atoms with E-state index in [2.05, 4.69) is 10.2 Å². The van der Waals surface area contributed by atoms with Crippen molar-refractivity contribution < 1.29 is 4.79 Å². The number of hydrogen-bond acceptors (Lipinski definition) is 3. The molecular weight excluding hydrogens is 154 g/mol. The molecule has 0 saturated carbocycles. The van der Waals surface area contributed by atoms with E-state index >= 15 is 0 Å². The minimum Gasteiger partial charge on any atom is -0.368 e. The summed E-state index contributed by atoms with van der Waals surface area (Å²) < 4.78 is 0. The zero-order valence-electron chi connectivity index (χ0n) is 7.71. The quantitative estimate of drug-likeness (QED) is 0.573. The van der Waals surface area contributed by atoms with Crippen molar-refractivity contribution in [1.82, 2.24) is 10.2 Å². The van der Waals surface area contributed by atoms with E-state index in [1.807, 2.05) is 14.1 Å². The summed E-state index contributed by atoms with van der Waals surface area (Å²) in [5.74, 6) is 0.164. The minimum absolute atomic E-state index is 0.118. The summed E-state index contributed by atoms with van der Waals surface area (Å²) in [7, 11) is 4.02. The van der Waals surface area contributed by atoms with Gasteiger partial charge in [-0.1, -0.05) is 0 Å². The summed E-state index contributed by atoms with van der Waals surface area (Å²) in [6.45, 7) is 1.84. The molecule has 0 spiro atoms. The molecule has 0 aromatic heterocycles. The molecule has 1 amide bonds. The van der Waals surface area contributed by atoms with Crippen molar-refractivity contribution in [3.63, 3.8) is 0 Å². The molecule has 1 aliphatic heterocycles. The van der Waals surface area contributed by atoms with E-state index in [0.29, 0.717) is 5.92 Å². The third-order valence-corrected chi connectivity index (χ3v) is 2.26. The number of rotatable bonds is 3. The zero-order valence-corrected chi connectivity index (χ0v) is 7.71. The van der Waals surface area contributed by atoms with Crippen LogP contribution in [0.1, 0.15) is 6.42 Å². The maximum atomic E-state index is 10.9. The van der Waals surface area contributed by atoms with Crippen LogP contribution in [0, 0.1) is 5.92 Å². The lowest BCUT2D eigenvalue weighted by Gasteiger charge is -2.20. The molecule has 4 heteroatoms. The normalized spacial score (nSPS) is 29.6. The first kappa shape index (κ1) is 9.48. The second-order valence-corrected chi connectivity index (χ2v) is 3.65. The van der Waals surface area contributed by atoms with Crippen LogP contribution < -0.4 is 11.1 Å². The first-order chi connectivity index (χ1) is 5.61. The summed E-state index contributed by atoms with van der Waals surface area (Å²) in [6.07, 6.45) is 1.05. The average Bonchev–Trinajstić information content (AvgIpc) is 2.33. The molecule has 3 N–H and O–H groups in total. The van der Waals surface area contributed by atoms with Crippen LogP contribution in [0.15, 0.2) is 0 Å². The number of nitrogens with two attached hydrogens (primary N) is 1. The largest absolute Gasteiger partial charge is 0.368 e. The van der Waals surface area contributed by atoms with Gasteiger partial charge in [0.15, 0.2) is 0 Å². The van der Waals surface area contributed by atoms with Crippen LogP contribution in [-0.2, 0) is 4.79 Å². The standard InChI is InChI=1S/C8H17N3O/c1-11(2)5-6-3-4-10-7(6)8(9)12/h6-7,10H,3-5H2,1-2H3,(H2,9,12). The number of hydrogen-bond donors (Lipinski definition) is 2. The van der Waals surface area contributed by atoms with Gasteiger partial charge in [0.1, 0.15) is 0 Å². The van der Waals surface area contributed by atoms with Gasteiger partial charge in [-0.05, 0) is 33.0 Å². The highest BCUT2D eigenvalue weighted by molar-refractivity contribution is 5.80. The third kappa shape index (κ3) is 2.19. The molecule has 1 fully saturated rings. The monoisotopic (exact) mass is 171 g/mol. The van der Waals surface area contributed by atoms with Crippen molar-refractivity contribution in [1.29, 1.82) is 0 Å². The van der Waals surface area contributed by atoms with Gasteiger partial charge >= 0.3 is 0 Å². The van der Waals surface area contributed by atoms with E-state index in [-0.39, 0.29) is 11.9 Å². The van der Waals surface area contributed by atoms with Gasteiger partial charge in [-0.2, -0.15) is 0 Å². The third-order valence-electron chi connectivity index (χ3n) is 2.26. The lowest BCUT2D eigenvalue weighted by atomic mass is 10.00. The van der Waals surface area contributed by atoms with E-state index in [4.69, 9.17) is 5.73 Å². The Kier molecular flexibility index (Phi) is 3.05. The fourth-order valence-electron chi connectivity index (χ4n) is 1.76. The Balaban J connectivity index is 2.46. The maximum Gasteiger partial charge on any atom is 0.234 e. The van der Waals surface area contributed by atoms with Crippen molar-refractivity contribution in [3.05, 3.63) is 0 Å². The molecule has 0 bridgehead atoms. The second kappa shape index (κ2) is 3.87. The van der Waals surface area contributed by atoms with Gasteiger partial charge in [0, 0.05) is 6.54 Å². The highest BCUT2D eigenvalue weighted by atomic mass is 16.1. The van der Waals surface area contributed by atoms with Gasteiger partial charge < -0.3 is 16.0 Å². The van der Waals surface area contributed by atoms with Crippen LogP contribution in [0.5, 0.6) is 0 Å². The Morgan fingerprint density at radius 2 is 2.33 bits per heavy atom. The molecule has 1 aliphatic rings. The van der Waals surface area contributed by atoms with Crippen molar-refractivity contribution >= 4 is 5.91 Å². The van der Waals surface area contributed by atoms with Gasteiger partial charge in [-0.15, -0.1) is 0 Å². The number of primary amides is 1. The topological polar surface area (TPSA) is 58.4 Å². The summed E-state index contributed by atoms with van der Waals surface area (Å²) in [4.78, 5) is 13.0. The SMILES string of the molecule is CN(C)CC1CCNC1C(N)=O. The highest BCUT2D eigenvalue weighted by Gasteiger charge is 2.30. The summed E-state index contributed by atoms with van der Waals surface area (Å²) >= 11 is 0. The van der Waals surface area contributed by atoms with E-state index < -0.39 is 0 Å². The molecule has 2 unspecified atom stereocenters. The van der Waals surface area contributed by atoms with Crippen LogP contribution >= 0.6 is 0 Å². The van der Waals surface area contributed by atoms with Gasteiger partial charge in [-0.25, -0.2) is 0 Å². The fraction of sp³-hybridized carbons (Fsp3) is 0.875. The molecular formula is C8H17N3O. The average molecular weight is 171 g/mol. The molecule has 0 aliphatic carbocycles. The van der Waals surface area contributed by atoms with Crippen molar-refractivity contribution in [2.24, 2.45) is 11.7 Å². The van der Waals surface area contributed by atoms with Crippen LogP contribution in [-0.4, -0.2) is 44.0 Å². The lowest BCUT2D eigenvalue weighted by Crippen LogP contribution is -2.43. The number of carbonyl (C=O) groups excluding carboxylic acids is 1. The molecule has 2 atom stereocenters. The van der Waals surface area contributed by atoms with Crippen LogP contribution in [0.4, 0.5) is 0 Å². The first-order valence-corrected chi connectivity index (χ1v) is 4.28. The molecule has 1 rings (SSSR count). The maximum absolute atomic E-state index is 10.9. The highest BCUT2D eigenvalue weighted by Crippen LogP contribution is 2.15. The molecule has 0 radical (unpaired) electrons. The Hall–Kier alpha value is -0.610. The van der Waals surface area contributed by atoms with Crippen molar-refractivity contribution in [2.75, 3.05) is 27.2 Å². The predicted molar refractivity (Wildman–Crippen MR) is 47.6 cm³/mol. The van der Waals surface area contributed by atoms with E-state index in [1.54, 1.807) is 0 Å². The van der Waals surface area contributed by atoms with Gasteiger partial charge in [0.25, 0.3) is 0 Å². The Labute approximate surface area is 73.1 Å². The number of nitrogens with zero attached hydrogens (tertiary/aromatic N) is 1. The number of nitrogens with one attached hydrogen (secondary N) is 1. The first-order valence-electron chi connectivity index (χ1n) is 4.28. The lowest BCUT2D eigenvalue weighted by molar-refractivity contribution is -0.120. The molecule has 12 heavy (non-hydrogen) atoms. The molecule has 4 nitrogen and oxygen atoms in total. The van der Waals surface area contributed by atoms with E-state index in [0.717, 1.165) is 19.5 Å². The summed E-state index contributed by atoms with van der Waals surface area (Å²) in [6, 6.07) is -0.118. The summed E-state index contributed by atoms with van der Waals surface area (Å²) in [5, 5.41) is 3.11. The molecule has 0 aromatic rings. The van der Waals surface area contributed by atoms with Crippen LogP contribution in [0.3, 0.4) is 0 Å². The fourth-order valence-corrected chi connectivity index (χ4v) is 1.76. The number of carbonyl (C=O) groups is 1. The van der Waals surface area contributed by atoms with E-state index in [1.165, 1.54) is 0 Å². The molecule has 0 aromatic carbocycles. The zero-order chi connectivity index (χ0) is 9.14. The van der Waals surface area contributed by atoms with Crippen LogP contribution in [0.25, 0.3) is 0 Å². The summed E-state index contributed by atoms with van der Waals surface area (Å²) in [5.41, 5.74) is 5.24.